The molecular weight excluding hydrogens is 278 g/mol. The van der Waals surface area contributed by atoms with Crippen molar-refractivity contribution in [2.45, 2.75) is 12.8 Å². The van der Waals surface area contributed by atoms with Crippen LogP contribution in [0.5, 0.6) is 11.6 Å². The number of hydrogen-bond donors (Lipinski definition) is 2. The normalized spacial score (nSPS) is 15.8. The molecule has 0 aliphatic carbocycles. The molecule has 1 aliphatic rings. The number of rotatable bonds is 4. The third-order valence-electron chi connectivity index (χ3n) is 4.06. The summed E-state index contributed by atoms with van der Waals surface area (Å²) in [6, 6.07) is 11.2. The Labute approximate surface area is 130 Å². The van der Waals surface area contributed by atoms with Gasteiger partial charge in [0, 0.05) is 31.6 Å². The van der Waals surface area contributed by atoms with E-state index >= 15 is 0 Å². The summed E-state index contributed by atoms with van der Waals surface area (Å²) < 4.78 is 5.91. The van der Waals surface area contributed by atoms with Gasteiger partial charge >= 0.3 is 0 Å². The van der Waals surface area contributed by atoms with Crippen LogP contribution in [-0.2, 0) is 0 Å². The number of ether oxygens (including phenoxy) is 1. The van der Waals surface area contributed by atoms with Gasteiger partial charge in [0.25, 0.3) is 0 Å². The Morgan fingerprint density at radius 2 is 1.91 bits per heavy atom. The molecule has 3 N–H and O–H groups in total. The maximum absolute atomic E-state index is 9.25. The van der Waals surface area contributed by atoms with Crippen molar-refractivity contribution < 1.29 is 9.84 Å². The molecule has 22 heavy (non-hydrogen) atoms. The van der Waals surface area contributed by atoms with E-state index in [1.54, 1.807) is 6.20 Å². The highest BCUT2D eigenvalue weighted by molar-refractivity contribution is 5.56. The van der Waals surface area contributed by atoms with Crippen LogP contribution in [0.3, 0.4) is 0 Å². The molecule has 0 saturated carbocycles. The van der Waals surface area contributed by atoms with Crippen molar-refractivity contribution in [2.75, 3.05) is 30.3 Å². The van der Waals surface area contributed by atoms with Crippen molar-refractivity contribution in [1.29, 1.82) is 0 Å². The van der Waals surface area contributed by atoms with Gasteiger partial charge in [-0.05, 0) is 55.2 Å². The van der Waals surface area contributed by atoms with Crippen LogP contribution in [0.4, 0.5) is 11.4 Å². The Kier molecular flexibility index (Phi) is 4.44. The minimum atomic E-state index is 0.273. The minimum Gasteiger partial charge on any atom is -0.437 e. The first-order valence-electron chi connectivity index (χ1n) is 7.60. The fourth-order valence-corrected chi connectivity index (χ4v) is 2.71. The van der Waals surface area contributed by atoms with E-state index in [1.165, 1.54) is 0 Å². The smallest absolute Gasteiger partial charge is 0.243 e. The summed E-state index contributed by atoms with van der Waals surface area (Å²) in [6.45, 7) is 2.10. The number of piperidine rings is 1. The summed E-state index contributed by atoms with van der Waals surface area (Å²) in [4.78, 5) is 6.64. The van der Waals surface area contributed by atoms with Gasteiger partial charge in [0.15, 0.2) is 0 Å². The summed E-state index contributed by atoms with van der Waals surface area (Å²) in [6.07, 6.45) is 3.72. The van der Waals surface area contributed by atoms with E-state index in [4.69, 9.17) is 10.5 Å². The van der Waals surface area contributed by atoms with Crippen molar-refractivity contribution in [3.05, 3.63) is 42.6 Å². The molecule has 1 aromatic heterocycles. The molecule has 5 heteroatoms. The predicted octanol–water partition coefficient (Wildman–Crippen LogP) is 2.66. The number of nitrogens with two attached hydrogens (primary N) is 1. The fraction of sp³-hybridized carbons (Fsp3) is 0.353. The summed E-state index contributed by atoms with van der Waals surface area (Å²) in [5.41, 5.74) is 7.40. The zero-order chi connectivity index (χ0) is 15.4. The van der Waals surface area contributed by atoms with Crippen LogP contribution < -0.4 is 15.4 Å². The van der Waals surface area contributed by atoms with E-state index in [9.17, 15) is 5.11 Å². The van der Waals surface area contributed by atoms with Gasteiger partial charge < -0.3 is 20.5 Å². The van der Waals surface area contributed by atoms with Crippen molar-refractivity contribution in [3.63, 3.8) is 0 Å². The van der Waals surface area contributed by atoms with Gasteiger partial charge in [0.1, 0.15) is 11.4 Å². The van der Waals surface area contributed by atoms with Crippen molar-refractivity contribution in [1.82, 2.24) is 4.98 Å². The molecule has 1 saturated heterocycles. The first-order chi connectivity index (χ1) is 10.8. The Morgan fingerprint density at radius 3 is 2.59 bits per heavy atom. The van der Waals surface area contributed by atoms with Crippen LogP contribution in [0.2, 0.25) is 0 Å². The zero-order valence-corrected chi connectivity index (χ0v) is 12.5. The van der Waals surface area contributed by atoms with Crippen molar-refractivity contribution in [3.8, 4) is 11.6 Å². The van der Waals surface area contributed by atoms with Gasteiger partial charge in [0.05, 0.1) is 0 Å². The van der Waals surface area contributed by atoms with Gasteiger partial charge in [-0.3, -0.25) is 0 Å². The van der Waals surface area contributed by atoms with Gasteiger partial charge in [0.2, 0.25) is 5.88 Å². The van der Waals surface area contributed by atoms with Crippen LogP contribution in [0.15, 0.2) is 42.6 Å². The quantitative estimate of drug-likeness (QED) is 0.849. The number of hydrogen-bond acceptors (Lipinski definition) is 5. The monoisotopic (exact) mass is 299 g/mol. The molecule has 0 radical (unpaired) electrons. The fourth-order valence-electron chi connectivity index (χ4n) is 2.71. The zero-order valence-electron chi connectivity index (χ0n) is 12.5. The lowest BCUT2D eigenvalue weighted by Gasteiger charge is -2.33. The third-order valence-corrected chi connectivity index (χ3v) is 4.06. The van der Waals surface area contributed by atoms with E-state index < -0.39 is 0 Å². The molecule has 2 heterocycles. The van der Waals surface area contributed by atoms with Crippen molar-refractivity contribution in [2.24, 2.45) is 5.92 Å². The third kappa shape index (κ3) is 3.31. The summed E-state index contributed by atoms with van der Waals surface area (Å²) in [5, 5.41) is 9.25. The summed E-state index contributed by atoms with van der Waals surface area (Å²) in [7, 11) is 0. The van der Waals surface area contributed by atoms with E-state index in [-0.39, 0.29) is 6.61 Å². The molecule has 1 fully saturated rings. The lowest BCUT2D eigenvalue weighted by molar-refractivity contribution is 0.203. The Balaban J connectivity index is 1.77. The van der Waals surface area contributed by atoms with E-state index in [2.05, 4.69) is 9.88 Å². The first-order valence-corrected chi connectivity index (χ1v) is 7.60. The standard InChI is InChI=1S/C17H21N3O2/c18-14-3-5-15(6-4-14)22-17-16(2-1-9-19-17)20-10-7-13(12-21)8-11-20/h1-6,9,13,21H,7-8,10-12,18H2. The lowest BCUT2D eigenvalue weighted by Crippen LogP contribution is -2.35. The maximum Gasteiger partial charge on any atom is 0.243 e. The molecule has 3 rings (SSSR count). The van der Waals surface area contributed by atoms with Crippen molar-refractivity contribution >= 4 is 11.4 Å². The molecule has 2 aromatic rings. The number of benzene rings is 1. The molecule has 0 bridgehead atoms. The molecule has 1 aromatic carbocycles. The van der Waals surface area contributed by atoms with E-state index in [1.807, 2.05) is 36.4 Å². The van der Waals surface area contributed by atoms with Crippen LogP contribution in [0.25, 0.3) is 0 Å². The van der Waals surface area contributed by atoms with E-state index in [0.717, 1.165) is 37.4 Å². The number of aliphatic hydroxyl groups is 1. The molecule has 0 atom stereocenters. The van der Waals surface area contributed by atoms with E-state index in [0.29, 0.717) is 17.5 Å². The highest BCUT2D eigenvalue weighted by Crippen LogP contribution is 2.32. The van der Waals surface area contributed by atoms with Gasteiger partial charge in [-0.1, -0.05) is 0 Å². The topological polar surface area (TPSA) is 71.6 Å². The molecule has 0 amide bonds. The van der Waals surface area contributed by atoms with Crippen LogP contribution >= 0.6 is 0 Å². The molecule has 5 nitrogen and oxygen atoms in total. The molecule has 116 valence electrons. The van der Waals surface area contributed by atoms with Crippen LogP contribution in [0, 0.1) is 5.92 Å². The highest BCUT2D eigenvalue weighted by atomic mass is 16.5. The second-order valence-corrected chi connectivity index (χ2v) is 5.61. The predicted molar refractivity (Wildman–Crippen MR) is 87.2 cm³/mol. The Hall–Kier alpha value is -2.27. The number of aliphatic hydroxyl groups excluding tert-OH is 1. The largest absolute Gasteiger partial charge is 0.437 e. The lowest BCUT2D eigenvalue weighted by atomic mass is 9.97. The molecule has 0 spiro atoms. The second-order valence-electron chi connectivity index (χ2n) is 5.61. The van der Waals surface area contributed by atoms with Gasteiger partial charge in [-0.2, -0.15) is 0 Å². The maximum atomic E-state index is 9.25. The average Bonchev–Trinajstić information content (AvgIpc) is 2.58. The summed E-state index contributed by atoms with van der Waals surface area (Å²) >= 11 is 0. The molecular formula is C17H21N3O2. The molecule has 0 unspecified atom stereocenters. The number of pyridine rings is 1. The number of aromatic nitrogens is 1. The molecule has 1 aliphatic heterocycles. The van der Waals surface area contributed by atoms with Crippen LogP contribution in [-0.4, -0.2) is 29.8 Å². The number of nitrogen functional groups attached to an aromatic ring is 1. The highest BCUT2D eigenvalue weighted by Gasteiger charge is 2.21. The average molecular weight is 299 g/mol. The SMILES string of the molecule is Nc1ccc(Oc2ncccc2N2CCC(CO)CC2)cc1. The van der Waals surface area contributed by atoms with Gasteiger partial charge in [-0.15, -0.1) is 0 Å². The summed E-state index contributed by atoms with van der Waals surface area (Å²) in [5.74, 6) is 1.74. The van der Waals surface area contributed by atoms with Crippen LogP contribution in [0.1, 0.15) is 12.8 Å². The minimum absolute atomic E-state index is 0.273. The number of nitrogens with zero attached hydrogens (tertiary/aromatic N) is 2. The Bertz CT molecular complexity index is 608. The van der Waals surface area contributed by atoms with Gasteiger partial charge in [-0.25, -0.2) is 4.98 Å². The Morgan fingerprint density at radius 1 is 1.18 bits per heavy atom. The first kappa shape index (κ1) is 14.7. The number of anilines is 2. The second kappa shape index (κ2) is 6.66.